The van der Waals surface area contributed by atoms with Crippen LogP contribution in [0.5, 0.6) is 0 Å². The van der Waals surface area contributed by atoms with E-state index in [1.807, 2.05) is 0 Å². The first-order valence-electron chi connectivity index (χ1n) is 11.1. The highest BCUT2D eigenvalue weighted by atomic mass is 16.2. The molecule has 1 aliphatic heterocycles. The van der Waals surface area contributed by atoms with Crippen LogP contribution < -0.4 is 16.0 Å². The van der Waals surface area contributed by atoms with Crippen molar-refractivity contribution >= 4 is 23.4 Å². The van der Waals surface area contributed by atoms with Crippen molar-refractivity contribution in [1.29, 1.82) is 0 Å². The molecule has 1 saturated heterocycles. The Morgan fingerprint density at radius 3 is 2.57 bits per heavy atom. The van der Waals surface area contributed by atoms with E-state index in [1.54, 1.807) is 6.20 Å². The maximum absolute atomic E-state index is 12.1. The van der Waals surface area contributed by atoms with Crippen LogP contribution in [0.4, 0.5) is 5.69 Å². The van der Waals surface area contributed by atoms with E-state index in [1.165, 1.54) is 30.1 Å². The molecule has 2 aliphatic rings. The average Bonchev–Trinajstić information content (AvgIpc) is 3.39. The minimum atomic E-state index is -0.727. The summed E-state index contributed by atoms with van der Waals surface area (Å²) in [6.45, 7) is 5.78. The summed E-state index contributed by atoms with van der Waals surface area (Å²) in [5.74, 6) is -1.20. The maximum Gasteiger partial charge on any atom is 0.313 e. The molecule has 1 aromatic heterocycles. The van der Waals surface area contributed by atoms with E-state index in [9.17, 15) is 14.4 Å². The molecule has 0 bridgehead atoms. The van der Waals surface area contributed by atoms with Crippen LogP contribution in [0.15, 0.2) is 12.4 Å². The summed E-state index contributed by atoms with van der Waals surface area (Å²) in [6, 6.07) is 0.258. The summed E-state index contributed by atoms with van der Waals surface area (Å²) in [5, 5.41) is 12.3. The van der Waals surface area contributed by atoms with Crippen molar-refractivity contribution in [2.24, 2.45) is 5.92 Å². The van der Waals surface area contributed by atoms with Crippen molar-refractivity contribution in [2.45, 2.75) is 64.5 Å². The van der Waals surface area contributed by atoms with Gasteiger partial charge >= 0.3 is 11.8 Å². The molecule has 0 spiro atoms. The Hall–Kier alpha value is -2.42. The van der Waals surface area contributed by atoms with Gasteiger partial charge in [-0.2, -0.15) is 5.10 Å². The van der Waals surface area contributed by atoms with Gasteiger partial charge in [0.2, 0.25) is 5.91 Å². The standard InChI is InChI=1S/C21H34N6O3/c1-16(13-26-9-5-2-6-10-26)11-22-20(29)21(30)25-18-12-23-27(14-18)15-19(28)24-17-7-3-4-8-17/h12,14,16-17H,2-11,13,15H2,1H3,(H,22,29)(H,24,28)(H,25,30)/t16-/m1/s1. The fourth-order valence-electron chi connectivity index (χ4n) is 4.19. The number of carbonyl (C=O) groups is 3. The minimum absolute atomic E-state index is 0.0899. The Labute approximate surface area is 177 Å². The van der Waals surface area contributed by atoms with Crippen LogP contribution >= 0.6 is 0 Å². The van der Waals surface area contributed by atoms with Crippen LogP contribution in [-0.2, 0) is 20.9 Å². The van der Waals surface area contributed by atoms with Gasteiger partial charge in [0.05, 0.1) is 11.9 Å². The van der Waals surface area contributed by atoms with Gasteiger partial charge in [-0.25, -0.2) is 0 Å². The first kappa shape index (κ1) is 22.3. The van der Waals surface area contributed by atoms with Gasteiger partial charge in [0.1, 0.15) is 6.54 Å². The molecule has 9 nitrogen and oxygen atoms in total. The number of hydrogen-bond donors (Lipinski definition) is 3. The largest absolute Gasteiger partial charge is 0.352 e. The fourth-order valence-corrected chi connectivity index (χ4v) is 4.19. The van der Waals surface area contributed by atoms with E-state index in [2.05, 4.69) is 32.9 Å². The van der Waals surface area contributed by atoms with Gasteiger partial charge < -0.3 is 20.9 Å². The lowest BCUT2D eigenvalue weighted by molar-refractivity contribution is -0.136. The molecule has 1 aromatic rings. The van der Waals surface area contributed by atoms with Crippen molar-refractivity contribution in [3.05, 3.63) is 12.4 Å². The van der Waals surface area contributed by atoms with Gasteiger partial charge in [-0.1, -0.05) is 26.2 Å². The number of nitrogens with one attached hydrogen (secondary N) is 3. The van der Waals surface area contributed by atoms with Crippen LogP contribution in [0.2, 0.25) is 0 Å². The van der Waals surface area contributed by atoms with Gasteiger partial charge in [0.15, 0.2) is 0 Å². The summed E-state index contributed by atoms with van der Waals surface area (Å²) < 4.78 is 1.46. The third-order valence-corrected chi connectivity index (χ3v) is 5.75. The molecular weight excluding hydrogens is 384 g/mol. The highest BCUT2D eigenvalue weighted by Gasteiger charge is 2.19. The summed E-state index contributed by atoms with van der Waals surface area (Å²) in [4.78, 5) is 38.7. The number of hydrogen-bond acceptors (Lipinski definition) is 5. The van der Waals surface area contributed by atoms with E-state index in [0.717, 1.165) is 45.3 Å². The van der Waals surface area contributed by atoms with Gasteiger partial charge in [-0.05, 0) is 44.7 Å². The molecule has 166 valence electrons. The average molecular weight is 419 g/mol. The number of carbonyl (C=O) groups excluding carboxylic acids is 3. The Morgan fingerprint density at radius 2 is 1.83 bits per heavy atom. The molecule has 3 rings (SSSR count). The summed E-state index contributed by atoms with van der Waals surface area (Å²) in [7, 11) is 0. The van der Waals surface area contributed by atoms with E-state index < -0.39 is 11.8 Å². The lowest BCUT2D eigenvalue weighted by atomic mass is 10.1. The van der Waals surface area contributed by atoms with Gasteiger partial charge in [0.25, 0.3) is 0 Å². The molecule has 9 heteroatoms. The summed E-state index contributed by atoms with van der Waals surface area (Å²) in [5.41, 5.74) is 0.394. The van der Waals surface area contributed by atoms with E-state index in [4.69, 9.17) is 0 Å². The van der Waals surface area contributed by atoms with Gasteiger partial charge in [0, 0.05) is 25.3 Å². The Balaban J connectivity index is 1.36. The fraction of sp³-hybridized carbons (Fsp3) is 0.714. The van der Waals surface area contributed by atoms with E-state index in [-0.39, 0.29) is 24.4 Å². The Morgan fingerprint density at radius 1 is 1.10 bits per heavy atom. The highest BCUT2D eigenvalue weighted by Crippen LogP contribution is 2.17. The Bertz CT molecular complexity index is 722. The lowest BCUT2D eigenvalue weighted by Crippen LogP contribution is -2.41. The second-order valence-corrected chi connectivity index (χ2v) is 8.61. The maximum atomic E-state index is 12.1. The molecule has 3 amide bonds. The van der Waals surface area contributed by atoms with Crippen molar-refractivity contribution < 1.29 is 14.4 Å². The van der Waals surface area contributed by atoms with Crippen LogP contribution in [0, 0.1) is 5.92 Å². The highest BCUT2D eigenvalue weighted by molar-refractivity contribution is 6.39. The molecule has 1 saturated carbocycles. The minimum Gasteiger partial charge on any atom is -0.352 e. The number of rotatable bonds is 8. The van der Waals surface area contributed by atoms with Gasteiger partial charge in [-0.15, -0.1) is 0 Å². The van der Waals surface area contributed by atoms with Crippen LogP contribution in [0.1, 0.15) is 51.9 Å². The number of anilines is 1. The normalized spacial score (nSPS) is 18.7. The zero-order valence-electron chi connectivity index (χ0n) is 17.9. The van der Waals surface area contributed by atoms with E-state index >= 15 is 0 Å². The quantitative estimate of drug-likeness (QED) is 0.548. The second-order valence-electron chi connectivity index (χ2n) is 8.61. The molecule has 1 aliphatic carbocycles. The second kappa shape index (κ2) is 11.1. The molecule has 2 fully saturated rings. The summed E-state index contributed by atoms with van der Waals surface area (Å²) >= 11 is 0. The van der Waals surface area contributed by atoms with Crippen LogP contribution in [0.25, 0.3) is 0 Å². The van der Waals surface area contributed by atoms with Crippen molar-refractivity contribution in [3.63, 3.8) is 0 Å². The molecule has 1 atom stereocenters. The SMILES string of the molecule is C[C@H](CNC(=O)C(=O)Nc1cnn(CC(=O)NC2CCCC2)c1)CN1CCCCC1. The summed E-state index contributed by atoms with van der Waals surface area (Å²) in [6.07, 6.45) is 11.1. The Kier molecular flexibility index (Phi) is 8.24. The third-order valence-electron chi connectivity index (χ3n) is 5.75. The van der Waals surface area contributed by atoms with Crippen LogP contribution in [0.3, 0.4) is 0 Å². The molecular formula is C21H34N6O3. The number of nitrogens with zero attached hydrogens (tertiary/aromatic N) is 3. The molecule has 0 aromatic carbocycles. The van der Waals surface area contributed by atoms with Crippen molar-refractivity contribution in [3.8, 4) is 0 Å². The monoisotopic (exact) mass is 418 g/mol. The van der Waals surface area contributed by atoms with E-state index in [0.29, 0.717) is 12.2 Å². The lowest BCUT2D eigenvalue weighted by Gasteiger charge is -2.29. The first-order chi connectivity index (χ1) is 14.5. The number of aromatic nitrogens is 2. The van der Waals surface area contributed by atoms with Crippen molar-refractivity contribution in [1.82, 2.24) is 25.3 Å². The number of piperidine rings is 1. The topological polar surface area (TPSA) is 108 Å². The molecule has 30 heavy (non-hydrogen) atoms. The molecule has 0 unspecified atom stereocenters. The zero-order valence-corrected chi connectivity index (χ0v) is 17.9. The predicted molar refractivity (Wildman–Crippen MR) is 114 cm³/mol. The number of amides is 3. The zero-order chi connectivity index (χ0) is 21.3. The molecule has 2 heterocycles. The van der Waals surface area contributed by atoms with Crippen LogP contribution in [-0.4, -0.2) is 64.6 Å². The molecule has 0 radical (unpaired) electrons. The predicted octanol–water partition coefficient (Wildman–Crippen LogP) is 1.12. The third kappa shape index (κ3) is 7.12. The number of likely N-dealkylation sites (tertiary alicyclic amines) is 1. The molecule has 3 N–H and O–H groups in total. The van der Waals surface area contributed by atoms with Gasteiger partial charge in [-0.3, -0.25) is 19.1 Å². The van der Waals surface area contributed by atoms with Crippen molar-refractivity contribution in [2.75, 3.05) is 31.5 Å². The smallest absolute Gasteiger partial charge is 0.313 e. The first-order valence-corrected chi connectivity index (χ1v) is 11.1.